The highest BCUT2D eigenvalue weighted by Gasteiger charge is 2.26. The van der Waals surface area contributed by atoms with Crippen LogP contribution in [0.4, 0.5) is 0 Å². The minimum absolute atomic E-state index is 0.0976. The van der Waals surface area contributed by atoms with Gasteiger partial charge < -0.3 is 14.8 Å². The number of H-pyrrole nitrogens is 1. The number of carbonyl (C=O) groups is 1. The summed E-state index contributed by atoms with van der Waals surface area (Å²) in [7, 11) is 0. The van der Waals surface area contributed by atoms with E-state index in [9.17, 15) is 9.59 Å². The number of halogens is 1. The van der Waals surface area contributed by atoms with Gasteiger partial charge in [0.2, 0.25) is 5.88 Å². The SMILES string of the molecule is O=C(O)c1ccc(Br)c(Oc2cc(=O)[nH]c(C3CC3)n2)c1. The highest BCUT2D eigenvalue weighted by atomic mass is 79.9. The van der Waals surface area contributed by atoms with Crippen LogP contribution in [0.3, 0.4) is 0 Å². The van der Waals surface area contributed by atoms with E-state index in [1.165, 1.54) is 18.2 Å². The third-order valence-electron chi connectivity index (χ3n) is 3.09. The molecule has 0 saturated heterocycles. The van der Waals surface area contributed by atoms with Crippen molar-refractivity contribution >= 4 is 21.9 Å². The third kappa shape index (κ3) is 3.13. The highest BCUT2D eigenvalue weighted by molar-refractivity contribution is 9.10. The second-order valence-corrected chi connectivity index (χ2v) is 5.65. The lowest BCUT2D eigenvalue weighted by Gasteiger charge is -2.08. The number of carboxylic acids is 1. The maximum Gasteiger partial charge on any atom is 0.335 e. The zero-order valence-electron chi connectivity index (χ0n) is 10.8. The molecule has 3 rings (SSSR count). The first-order valence-corrected chi connectivity index (χ1v) is 7.14. The van der Waals surface area contributed by atoms with Crippen molar-refractivity contribution in [2.45, 2.75) is 18.8 Å². The number of aromatic carboxylic acids is 1. The summed E-state index contributed by atoms with van der Waals surface area (Å²) in [5.41, 5.74) is -0.187. The Balaban J connectivity index is 1.94. The van der Waals surface area contributed by atoms with E-state index in [0.29, 0.717) is 16.0 Å². The Morgan fingerprint density at radius 3 is 2.81 bits per heavy atom. The molecule has 0 spiro atoms. The molecule has 7 heteroatoms. The highest BCUT2D eigenvalue weighted by Crippen LogP contribution is 2.38. The van der Waals surface area contributed by atoms with Crippen LogP contribution in [-0.2, 0) is 0 Å². The number of aromatic nitrogens is 2. The summed E-state index contributed by atoms with van der Waals surface area (Å²) in [6.07, 6.45) is 2.01. The number of hydrogen-bond acceptors (Lipinski definition) is 4. The second kappa shape index (κ2) is 5.33. The third-order valence-corrected chi connectivity index (χ3v) is 3.75. The number of hydrogen-bond donors (Lipinski definition) is 2. The van der Waals surface area contributed by atoms with Crippen LogP contribution >= 0.6 is 15.9 Å². The molecule has 0 amide bonds. The summed E-state index contributed by atoms with van der Waals surface area (Å²) in [5, 5.41) is 8.99. The Labute approximate surface area is 127 Å². The van der Waals surface area contributed by atoms with Gasteiger partial charge in [-0.2, -0.15) is 4.98 Å². The summed E-state index contributed by atoms with van der Waals surface area (Å²) < 4.78 is 6.14. The average molecular weight is 351 g/mol. The van der Waals surface area contributed by atoms with Crippen molar-refractivity contribution in [3.05, 3.63) is 50.5 Å². The number of carboxylic acid groups (broad SMARTS) is 1. The summed E-state index contributed by atoms with van der Waals surface area (Å²) in [5.74, 6) is 0.307. The predicted octanol–water partition coefficient (Wildman–Crippen LogP) is 2.90. The lowest BCUT2D eigenvalue weighted by atomic mass is 10.2. The smallest absolute Gasteiger partial charge is 0.335 e. The predicted molar refractivity (Wildman–Crippen MR) is 78.0 cm³/mol. The van der Waals surface area contributed by atoms with Crippen molar-refractivity contribution in [2.75, 3.05) is 0 Å². The summed E-state index contributed by atoms with van der Waals surface area (Å²) in [6.45, 7) is 0. The minimum atomic E-state index is -1.05. The molecule has 6 nitrogen and oxygen atoms in total. The van der Waals surface area contributed by atoms with Crippen LogP contribution in [0.1, 0.15) is 34.9 Å². The summed E-state index contributed by atoms with van der Waals surface area (Å²) in [6, 6.07) is 5.66. The number of nitrogens with zero attached hydrogens (tertiary/aromatic N) is 1. The molecule has 1 saturated carbocycles. The topological polar surface area (TPSA) is 92.3 Å². The van der Waals surface area contributed by atoms with Gasteiger partial charge in [0, 0.05) is 5.92 Å². The van der Waals surface area contributed by atoms with Gasteiger partial charge in [-0.25, -0.2) is 4.79 Å². The molecule has 108 valence electrons. The van der Waals surface area contributed by atoms with Gasteiger partial charge in [-0.1, -0.05) is 0 Å². The van der Waals surface area contributed by atoms with Gasteiger partial charge in [0.15, 0.2) is 0 Å². The first kappa shape index (κ1) is 13.8. The molecule has 1 aromatic carbocycles. The molecule has 1 heterocycles. The number of aromatic amines is 1. The zero-order valence-corrected chi connectivity index (χ0v) is 12.4. The molecule has 2 aromatic rings. The molecule has 0 bridgehead atoms. The van der Waals surface area contributed by atoms with E-state index in [0.717, 1.165) is 12.8 Å². The van der Waals surface area contributed by atoms with Crippen molar-refractivity contribution in [2.24, 2.45) is 0 Å². The van der Waals surface area contributed by atoms with Crippen LogP contribution in [0, 0.1) is 0 Å². The molecule has 0 unspecified atom stereocenters. The van der Waals surface area contributed by atoms with Crippen LogP contribution in [0.25, 0.3) is 0 Å². The molecule has 1 fully saturated rings. The first-order chi connectivity index (χ1) is 10.0. The fraction of sp³-hybridized carbons (Fsp3) is 0.214. The van der Waals surface area contributed by atoms with Crippen LogP contribution in [0.2, 0.25) is 0 Å². The summed E-state index contributed by atoms with van der Waals surface area (Å²) in [4.78, 5) is 29.5. The number of benzene rings is 1. The summed E-state index contributed by atoms with van der Waals surface area (Å²) >= 11 is 3.28. The lowest BCUT2D eigenvalue weighted by molar-refractivity contribution is 0.0696. The molecule has 0 atom stereocenters. The van der Waals surface area contributed by atoms with E-state index in [-0.39, 0.29) is 22.9 Å². The van der Waals surface area contributed by atoms with Gasteiger partial charge >= 0.3 is 5.97 Å². The van der Waals surface area contributed by atoms with Crippen LogP contribution in [0.15, 0.2) is 33.5 Å². The van der Waals surface area contributed by atoms with Gasteiger partial charge in [-0.05, 0) is 47.0 Å². The Bertz CT molecular complexity index is 768. The van der Waals surface area contributed by atoms with Crippen molar-refractivity contribution in [1.29, 1.82) is 0 Å². The maximum absolute atomic E-state index is 11.6. The zero-order chi connectivity index (χ0) is 15.0. The normalized spacial score (nSPS) is 14.0. The molecule has 2 N–H and O–H groups in total. The van der Waals surface area contributed by atoms with Gasteiger partial charge in [-0.3, -0.25) is 4.79 Å². The standard InChI is InChI=1S/C14H11BrN2O4/c15-9-4-3-8(14(19)20)5-10(9)21-12-6-11(18)16-13(17-12)7-1-2-7/h3-7H,1-2H2,(H,19,20)(H,16,17,18). The van der Waals surface area contributed by atoms with Crippen LogP contribution < -0.4 is 10.3 Å². The van der Waals surface area contributed by atoms with Crippen LogP contribution in [-0.4, -0.2) is 21.0 Å². The molecular weight excluding hydrogens is 340 g/mol. The second-order valence-electron chi connectivity index (χ2n) is 4.80. The Morgan fingerprint density at radius 2 is 2.14 bits per heavy atom. The van der Waals surface area contributed by atoms with E-state index >= 15 is 0 Å². The fourth-order valence-corrected chi connectivity index (χ4v) is 2.21. The van der Waals surface area contributed by atoms with Crippen LogP contribution in [0.5, 0.6) is 11.6 Å². The van der Waals surface area contributed by atoms with Gasteiger partial charge in [0.25, 0.3) is 5.56 Å². The quantitative estimate of drug-likeness (QED) is 0.884. The molecule has 1 aliphatic carbocycles. The van der Waals surface area contributed by atoms with E-state index < -0.39 is 5.97 Å². The van der Waals surface area contributed by atoms with E-state index in [1.54, 1.807) is 6.07 Å². The Morgan fingerprint density at radius 1 is 1.38 bits per heavy atom. The van der Waals surface area contributed by atoms with Crippen molar-refractivity contribution in [1.82, 2.24) is 9.97 Å². The molecule has 1 aromatic heterocycles. The lowest BCUT2D eigenvalue weighted by Crippen LogP contribution is -2.10. The molecule has 0 radical (unpaired) electrons. The molecular formula is C14H11BrN2O4. The maximum atomic E-state index is 11.6. The van der Waals surface area contributed by atoms with E-state index in [1.807, 2.05) is 0 Å². The van der Waals surface area contributed by atoms with Gasteiger partial charge in [0.1, 0.15) is 11.6 Å². The van der Waals surface area contributed by atoms with Gasteiger partial charge in [0.05, 0.1) is 16.1 Å². The van der Waals surface area contributed by atoms with Crippen molar-refractivity contribution in [3.8, 4) is 11.6 Å². The Hall–Kier alpha value is -2.15. The number of rotatable bonds is 4. The van der Waals surface area contributed by atoms with E-state index in [2.05, 4.69) is 25.9 Å². The molecule has 0 aliphatic heterocycles. The monoisotopic (exact) mass is 350 g/mol. The molecule has 21 heavy (non-hydrogen) atoms. The van der Waals surface area contributed by atoms with Crippen molar-refractivity contribution in [3.63, 3.8) is 0 Å². The van der Waals surface area contributed by atoms with Gasteiger partial charge in [-0.15, -0.1) is 0 Å². The number of ether oxygens (including phenoxy) is 1. The largest absolute Gasteiger partial charge is 0.478 e. The number of nitrogens with one attached hydrogen (secondary N) is 1. The van der Waals surface area contributed by atoms with E-state index in [4.69, 9.17) is 9.84 Å². The Kier molecular flexibility index (Phi) is 3.50. The fourth-order valence-electron chi connectivity index (χ4n) is 1.88. The minimum Gasteiger partial charge on any atom is -0.478 e. The molecule has 1 aliphatic rings. The average Bonchev–Trinajstić information content (AvgIpc) is 3.24. The van der Waals surface area contributed by atoms with Crippen molar-refractivity contribution < 1.29 is 14.6 Å². The first-order valence-electron chi connectivity index (χ1n) is 6.35.